The molecule has 0 aliphatic rings. The first-order chi connectivity index (χ1) is 9.19. The summed E-state index contributed by atoms with van der Waals surface area (Å²) in [5, 5.41) is 23.6. The van der Waals surface area contributed by atoms with Crippen molar-refractivity contribution in [3.8, 4) is 5.75 Å². The van der Waals surface area contributed by atoms with E-state index in [4.69, 9.17) is 4.74 Å². The number of nitrogens with zero attached hydrogens (tertiary/aromatic N) is 1. The molecule has 0 spiro atoms. The number of ether oxygens (including phenoxy) is 1. The highest BCUT2D eigenvalue weighted by atomic mass is 79.9. The summed E-state index contributed by atoms with van der Waals surface area (Å²) in [5.74, 6) is 0.342. The molecule has 0 aliphatic carbocycles. The summed E-state index contributed by atoms with van der Waals surface area (Å²) in [6.07, 6.45) is -0.694. The van der Waals surface area contributed by atoms with E-state index in [1.54, 1.807) is 6.07 Å². The van der Waals surface area contributed by atoms with Crippen LogP contribution in [0.15, 0.2) is 22.7 Å². The summed E-state index contributed by atoms with van der Waals surface area (Å²) in [6, 6.07) is 4.26. The maximum Gasteiger partial charge on any atom is 0.273 e. The largest absolute Gasteiger partial charge is 0.489 e. The van der Waals surface area contributed by atoms with Crippen molar-refractivity contribution in [2.45, 2.75) is 32.4 Å². The van der Waals surface area contributed by atoms with E-state index in [0.29, 0.717) is 16.8 Å². The number of nitrogens with one attached hydrogen (secondary N) is 1. The summed E-state index contributed by atoms with van der Waals surface area (Å²) >= 11 is 3.26. The molecular formula is C13H19BrN2O4. The van der Waals surface area contributed by atoms with Gasteiger partial charge in [0.15, 0.2) is 0 Å². The number of halogens is 1. The van der Waals surface area contributed by atoms with E-state index < -0.39 is 11.0 Å². The number of rotatable bonds is 6. The molecule has 1 unspecified atom stereocenters. The lowest BCUT2D eigenvalue weighted by atomic mass is 10.1. The van der Waals surface area contributed by atoms with E-state index in [9.17, 15) is 15.2 Å². The number of hydrogen-bond donors (Lipinski definition) is 2. The van der Waals surface area contributed by atoms with Crippen molar-refractivity contribution >= 4 is 21.6 Å². The van der Waals surface area contributed by atoms with Gasteiger partial charge < -0.3 is 15.2 Å². The van der Waals surface area contributed by atoms with Gasteiger partial charge in [-0.15, -0.1) is 0 Å². The molecule has 0 heterocycles. The average Bonchev–Trinajstić information content (AvgIpc) is 2.34. The van der Waals surface area contributed by atoms with Crippen LogP contribution < -0.4 is 10.1 Å². The van der Waals surface area contributed by atoms with Crippen LogP contribution in [0.4, 0.5) is 5.69 Å². The lowest BCUT2D eigenvalue weighted by Crippen LogP contribution is -2.42. The second-order valence-corrected chi connectivity index (χ2v) is 6.32. The molecule has 0 bridgehead atoms. The zero-order valence-corrected chi connectivity index (χ0v) is 13.3. The van der Waals surface area contributed by atoms with E-state index >= 15 is 0 Å². The summed E-state index contributed by atoms with van der Waals surface area (Å²) in [5.41, 5.74) is -0.141. The highest BCUT2D eigenvalue weighted by molar-refractivity contribution is 9.10. The highest BCUT2D eigenvalue weighted by Crippen LogP contribution is 2.29. The first kappa shape index (κ1) is 16.9. The van der Waals surface area contributed by atoms with E-state index in [2.05, 4.69) is 21.2 Å². The molecule has 20 heavy (non-hydrogen) atoms. The van der Waals surface area contributed by atoms with Gasteiger partial charge in [-0.1, -0.05) is 0 Å². The molecule has 1 aromatic rings. The van der Waals surface area contributed by atoms with Crippen LogP contribution in [0.2, 0.25) is 0 Å². The second kappa shape index (κ2) is 7.01. The quantitative estimate of drug-likeness (QED) is 0.610. The van der Waals surface area contributed by atoms with Crippen LogP contribution in [0, 0.1) is 10.1 Å². The monoisotopic (exact) mass is 346 g/mol. The Labute approximate surface area is 126 Å². The maximum absolute atomic E-state index is 10.7. The maximum atomic E-state index is 10.7. The number of aliphatic hydroxyl groups excluding tert-OH is 1. The topological polar surface area (TPSA) is 84.6 Å². The highest BCUT2D eigenvalue weighted by Gasteiger charge is 2.15. The molecule has 0 saturated heterocycles. The van der Waals surface area contributed by atoms with Gasteiger partial charge in [0.05, 0.1) is 15.5 Å². The minimum absolute atomic E-state index is 0.0505. The summed E-state index contributed by atoms with van der Waals surface area (Å²) in [6.45, 7) is 6.44. The van der Waals surface area contributed by atoms with Gasteiger partial charge in [-0.3, -0.25) is 10.1 Å². The van der Waals surface area contributed by atoms with Crippen LogP contribution in [0.1, 0.15) is 20.8 Å². The fraction of sp³-hybridized carbons (Fsp3) is 0.538. The number of nitro groups is 1. The van der Waals surface area contributed by atoms with Gasteiger partial charge >= 0.3 is 0 Å². The SMILES string of the molecule is CC(C)(C)NCC(O)COc1cc([N+](=O)[O-])ccc1Br. The van der Waals surface area contributed by atoms with E-state index in [1.165, 1.54) is 12.1 Å². The molecule has 1 rings (SSSR count). The molecule has 0 saturated carbocycles. The summed E-state index contributed by atoms with van der Waals surface area (Å²) < 4.78 is 6.02. The van der Waals surface area contributed by atoms with Crippen molar-refractivity contribution in [1.82, 2.24) is 5.32 Å². The minimum atomic E-state index is -0.694. The van der Waals surface area contributed by atoms with Crippen LogP contribution in [0.3, 0.4) is 0 Å². The Morgan fingerprint density at radius 3 is 2.70 bits per heavy atom. The third-order valence-corrected chi connectivity index (χ3v) is 3.08. The van der Waals surface area contributed by atoms with Crippen molar-refractivity contribution in [1.29, 1.82) is 0 Å². The van der Waals surface area contributed by atoms with E-state index in [1.807, 2.05) is 20.8 Å². The molecule has 0 aliphatic heterocycles. The minimum Gasteiger partial charge on any atom is -0.489 e. The fourth-order valence-corrected chi connectivity index (χ4v) is 1.75. The van der Waals surface area contributed by atoms with Gasteiger partial charge in [0.1, 0.15) is 18.5 Å². The van der Waals surface area contributed by atoms with Gasteiger partial charge in [-0.25, -0.2) is 0 Å². The van der Waals surface area contributed by atoms with Crippen molar-refractivity contribution in [2.75, 3.05) is 13.2 Å². The molecule has 1 atom stereocenters. The Balaban J connectivity index is 2.56. The van der Waals surface area contributed by atoms with Crippen LogP contribution in [0.5, 0.6) is 5.75 Å². The molecule has 0 fully saturated rings. The summed E-state index contributed by atoms with van der Waals surface area (Å²) in [7, 11) is 0. The van der Waals surface area contributed by atoms with E-state index in [0.717, 1.165) is 0 Å². The molecule has 0 amide bonds. The molecule has 112 valence electrons. The van der Waals surface area contributed by atoms with Crippen molar-refractivity contribution < 1.29 is 14.8 Å². The fourth-order valence-electron chi connectivity index (χ4n) is 1.39. The summed E-state index contributed by atoms with van der Waals surface area (Å²) in [4.78, 5) is 10.2. The average molecular weight is 347 g/mol. The lowest BCUT2D eigenvalue weighted by molar-refractivity contribution is -0.385. The Morgan fingerprint density at radius 2 is 2.15 bits per heavy atom. The number of nitro benzene ring substituents is 1. The van der Waals surface area contributed by atoms with Crippen molar-refractivity contribution in [3.63, 3.8) is 0 Å². The second-order valence-electron chi connectivity index (χ2n) is 5.47. The molecule has 1 aromatic carbocycles. The van der Waals surface area contributed by atoms with Crippen LogP contribution >= 0.6 is 15.9 Å². The van der Waals surface area contributed by atoms with E-state index in [-0.39, 0.29) is 17.8 Å². The van der Waals surface area contributed by atoms with Gasteiger partial charge in [-0.2, -0.15) is 0 Å². The third kappa shape index (κ3) is 5.85. The van der Waals surface area contributed by atoms with Gasteiger partial charge in [0.25, 0.3) is 5.69 Å². The zero-order valence-electron chi connectivity index (χ0n) is 11.7. The van der Waals surface area contributed by atoms with Crippen LogP contribution in [-0.4, -0.2) is 34.8 Å². The number of hydrogen-bond acceptors (Lipinski definition) is 5. The van der Waals surface area contributed by atoms with Crippen molar-refractivity contribution in [3.05, 3.63) is 32.8 Å². The predicted octanol–water partition coefficient (Wildman–Crippen LogP) is 2.49. The van der Waals surface area contributed by atoms with Crippen LogP contribution in [-0.2, 0) is 0 Å². The first-order valence-electron chi connectivity index (χ1n) is 6.19. The zero-order chi connectivity index (χ0) is 15.3. The standard InChI is InChI=1S/C13H19BrN2O4/c1-13(2,3)15-7-10(17)8-20-12-6-9(16(18)19)4-5-11(12)14/h4-6,10,15,17H,7-8H2,1-3H3. The lowest BCUT2D eigenvalue weighted by Gasteiger charge is -2.23. The predicted molar refractivity (Wildman–Crippen MR) is 80.1 cm³/mol. The number of benzene rings is 1. The molecule has 0 radical (unpaired) electrons. The van der Waals surface area contributed by atoms with Crippen molar-refractivity contribution in [2.24, 2.45) is 0 Å². The molecular weight excluding hydrogens is 328 g/mol. The van der Waals surface area contributed by atoms with Crippen LogP contribution in [0.25, 0.3) is 0 Å². The first-order valence-corrected chi connectivity index (χ1v) is 6.98. The Morgan fingerprint density at radius 1 is 1.50 bits per heavy atom. The van der Waals surface area contributed by atoms with Gasteiger partial charge in [-0.05, 0) is 42.8 Å². The molecule has 0 aromatic heterocycles. The normalized spacial score (nSPS) is 13.1. The number of aliphatic hydroxyl groups is 1. The van der Waals surface area contributed by atoms with Gasteiger partial charge in [0.2, 0.25) is 0 Å². The Hall–Kier alpha value is -1.18. The van der Waals surface area contributed by atoms with Gasteiger partial charge in [0, 0.05) is 18.2 Å². The number of non-ortho nitro benzene ring substituents is 1. The molecule has 6 nitrogen and oxygen atoms in total. The molecule has 2 N–H and O–H groups in total. The molecule has 7 heteroatoms. The smallest absolute Gasteiger partial charge is 0.273 e. The third-order valence-electron chi connectivity index (χ3n) is 2.42. The Bertz CT molecular complexity index is 474. The Kier molecular flexibility index (Phi) is 5.91. The number of β-amino-alcohol motifs (C(OH)–C–C–N with tert-alkyl or cyclic N) is 1.